The van der Waals surface area contributed by atoms with Gasteiger partial charge in [-0.2, -0.15) is 22.0 Å². The molecule has 0 radical (unpaired) electrons. The normalized spacial score (nSPS) is 18.6. The van der Waals surface area contributed by atoms with Crippen LogP contribution < -0.4 is 9.47 Å². The Bertz CT molecular complexity index is 1370. The van der Waals surface area contributed by atoms with E-state index in [0.29, 0.717) is 23.7 Å². The van der Waals surface area contributed by atoms with Crippen molar-refractivity contribution in [3.05, 3.63) is 53.6 Å². The SMILES string of the molecule is CC1(c2ccc(OCC(=O)O)cc2)CSc2cc(OCC(=O)O)ccc2C1CCCCCCCCCS(=O)CCCC(F)(F)C(F)(F)F. The predicted molar refractivity (Wildman–Crippen MR) is 175 cm³/mol. The van der Waals surface area contributed by atoms with Crippen molar-refractivity contribution < 1.29 is 55.4 Å². The third-order valence-electron chi connectivity index (χ3n) is 8.54. The van der Waals surface area contributed by atoms with Crippen LogP contribution in [0.1, 0.15) is 88.2 Å². The Morgan fingerprint density at radius 1 is 0.833 bits per heavy atom. The summed E-state index contributed by atoms with van der Waals surface area (Å²) < 4.78 is 85.5. The van der Waals surface area contributed by atoms with Gasteiger partial charge >= 0.3 is 24.0 Å². The fourth-order valence-corrected chi connectivity index (χ4v) is 8.46. The third kappa shape index (κ3) is 11.9. The zero-order valence-electron chi connectivity index (χ0n) is 26.9. The molecule has 3 unspecified atom stereocenters. The number of carbonyl (C=O) groups is 2. The molecule has 7 nitrogen and oxygen atoms in total. The summed E-state index contributed by atoms with van der Waals surface area (Å²) in [6, 6.07) is 13.2. The number of fused-ring (bicyclic) bond motifs is 1. The van der Waals surface area contributed by atoms with Gasteiger partial charge in [-0.15, -0.1) is 11.8 Å². The first-order valence-corrected chi connectivity index (χ1v) is 18.5. The van der Waals surface area contributed by atoms with Crippen LogP contribution in [0.15, 0.2) is 47.4 Å². The Morgan fingerprint density at radius 2 is 1.38 bits per heavy atom. The lowest BCUT2D eigenvalue weighted by molar-refractivity contribution is -0.284. The summed E-state index contributed by atoms with van der Waals surface area (Å²) in [5.74, 6) is -4.82. The number of alkyl halides is 5. The van der Waals surface area contributed by atoms with Crippen molar-refractivity contribution in [2.45, 2.75) is 99.5 Å². The monoisotopic (exact) mass is 722 g/mol. The van der Waals surface area contributed by atoms with Crippen molar-refractivity contribution in [2.75, 3.05) is 30.5 Å². The van der Waals surface area contributed by atoms with E-state index in [9.17, 15) is 35.8 Å². The molecule has 2 N–H and O–H groups in total. The highest BCUT2D eigenvalue weighted by atomic mass is 32.2. The van der Waals surface area contributed by atoms with Gasteiger partial charge in [0.1, 0.15) is 11.5 Å². The maximum absolute atomic E-state index is 13.0. The number of carboxylic acids is 2. The fourth-order valence-electron chi connectivity index (χ4n) is 5.86. The van der Waals surface area contributed by atoms with Crippen LogP contribution >= 0.6 is 11.8 Å². The van der Waals surface area contributed by atoms with Crippen molar-refractivity contribution in [1.29, 1.82) is 0 Å². The summed E-state index contributed by atoms with van der Waals surface area (Å²) in [7, 11) is -1.41. The van der Waals surface area contributed by atoms with Crippen molar-refractivity contribution in [3.63, 3.8) is 0 Å². The van der Waals surface area contributed by atoms with E-state index in [0.717, 1.165) is 66.7 Å². The lowest BCUT2D eigenvalue weighted by Crippen LogP contribution is -2.36. The molecule has 0 saturated heterocycles. The lowest BCUT2D eigenvalue weighted by atomic mass is 9.68. The molecule has 2 aromatic rings. The van der Waals surface area contributed by atoms with Gasteiger partial charge < -0.3 is 19.7 Å². The van der Waals surface area contributed by atoms with Gasteiger partial charge in [-0.3, -0.25) is 4.21 Å². The van der Waals surface area contributed by atoms with Crippen LogP contribution in [-0.4, -0.2) is 68.9 Å². The minimum Gasteiger partial charge on any atom is -0.482 e. The maximum atomic E-state index is 13.0. The number of halogens is 5. The zero-order chi connectivity index (χ0) is 35.4. The topological polar surface area (TPSA) is 110 Å². The van der Waals surface area contributed by atoms with Crippen molar-refractivity contribution >= 4 is 34.5 Å². The lowest BCUT2D eigenvalue weighted by Gasteiger charge is -2.43. The highest BCUT2D eigenvalue weighted by Crippen LogP contribution is 2.52. The average Bonchev–Trinajstić information content (AvgIpc) is 3.02. The number of hydrogen-bond donors (Lipinski definition) is 2. The molecule has 0 fully saturated rings. The van der Waals surface area contributed by atoms with Crippen molar-refractivity contribution in [2.24, 2.45) is 0 Å². The Labute approximate surface area is 284 Å². The van der Waals surface area contributed by atoms with E-state index < -0.39 is 60.9 Å². The summed E-state index contributed by atoms with van der Waals surface area (Å²) in [5.41, 5.74) is 2.02. The first kappa shape index (κ1) is 39.6. The van der Waals surface area contributed by atoms with E-state index in [1.165, 1.54) is 0 Å². The molecule has 48 heavy (non-hydrogen) atoms. The van der Waals surface area contributed by atoms with Gasteiger partial charge in [-0.05, 0) is 60.6 Å². The number of rotatable bonds is 21. The summed E-state index contributed by atoms with van der Waals surface area (Å²) in [4.78, 5) is 22.9. The fraction of sp³-hybridized carbons (Fsp3) is 0.588. The molecule has 3 atom stereocenters. The van der Waals surface area contributed by atoms with Crippen molar-refractivity contribution in [3.8, 4) is 11.5 Å². The molecule has 0 saturated carbocycles. The molecule has 268 valence electrons. The Hall–Kier alpha value is -2.87. The van der Waals surface area contributed by atoms with Crippen molar-refractivity contribution in [1.82, 2.24) is 0 Å². The standard InChI is InChI=1S/C34H43F5O7S2/c1-32(24-11-13-25(14-12-24)45-21-30(40)41)23-47-29-20-26(46-22-31(42)43)15-16-27(29)28(32)10-7-5-3-2-4-6-8-18-48(44)19-9-17-33(35,36)34(37,38)39/h11-16,20,28H,2-10,17-19,21-23H2,1H3,(H,40,41)(H,42,43). The molecular formula is C34H43F5O7S2. The van der Waals surface area contributed by atoms with Crippen LogP contribution in [-0.2, 0) is 25.8 Å². The summed E-state index contributed by atoms with van der Waals surface area (Å²) in [6.45, 7) is 1.37. The van der Waals surface area contributed by atoms with E-state index in [-0.39, 0.29) is 17.1 Å². The molecular weight excluding hydrogens is 679 g/mol. The second-order valence-corrected chi connectivity index (χ2v) is 15.0. The first-order valence-electron chi connectivity index (χ1n) is 16.0. The summed E-state index contributed by atoms with van der Waals surface area (Å²) in [5, 5.41) is 17.9. The Kier molecular flexibility index (Phi) is 15.0. The van der Waals surface area contributed by atoms with Gasteiger partial charge in [-0.1, -0.05) is 63.6 Å². The van der Waals surface area contributed by atoms with Crippen LogP contribution in [0.3, 0.4) is 0 Å². The number of unbranched alkanes of at least 4 members (excludes halogenated alkanes) is 6. The van der Waals surface area contributed by atoms with Gasteiger partial charge in [0, 0.05) is 44.8 Å². The number of hydrogen-bond acceptors (Lipinski definition) is 6. The van der Waals surface area contributed by atoms with Crippen LogP contribution in [0.5, 0.6) is 11.5 Å². The second kappa shape index (κ2) is 18.2. The molecule has 1 aliphatic heterocycles. The number of aliphatic carboxylic acids is 2. The number of benzene rings is 2. The minimum absolute atomic E-state index is 0.152. The van der Waals surface area contributed by atoms with E-state index in [1.54, 1.807) is 30.0 Å². The molecule has 1 aliphatic rings. The van der Waals surface area contributed by atoms with Gasteiger partial charge in [-0.25, -0.2) is 9.59 Å². The number of thioether (sulfide) groups is 1. The highest BCUT2D eigenvalue weighted by Gasteiger charge is 2.56. The van der Waals surface area contributed by atoms with E-state index in [1.807, 2.05) is 24.3 Å². The molecule has 0 aliphatic carbocycles. The molecule has 14 heteroatoms. The molecule has 2 aromatic carbocycles. The number of ether oxygens (including phenoxy) is 2. The molecule has 0 bridgehead atoms. The summed E-state index contributed by atoms with van der Waals surface area (Å²) >= 11 is 1.69. The third-order valence-corrected chi connectivity index (χ3v) is 11.4. The van der Waals surface area contributed by atoms with Gasteiger partial charge in [0.25, 0.3) is 0 Å². The van der Waals surface area contributed by atoms with E-state index in [4.69, 9.17) is 19.7 Å². The number of carboxylic acid groups (broad SMARTS) is 2. The van der Waals surface area contributed by atoms with Crippen LogP contribution in [0, 0.1) is 0 Å². The van der Waals surface area contributed by atoms with Crippen LogP contribution in [0.2, 0.25) is 0 Å². The zero-order valence-corrected chi connectivity index (χ0v) is 28.5. The molecule has 0 amide bonds. The Balaban J connectivity index is 1.50. The molecule has 0 aromatic heterocycles. The van der Waals surface area contributed by atoms with Crippen LogP contribution in [0.25, 0.3) is 0 Å². The maximum Gasteiger partial charge on any atom is 0.453 e. The predicted octanol–water partition coefficient (Wildman–Crippen LogP) is 8.61. The van der Waals surface area contributed by atoms with Gasteiger partial charge in [0.15, 0.2) is 13.2 Å². The largest absolute Gasteiger partial charge is 0.482 e. The second-order valence-electron chi connectivity index (χ2n) is 12.3. The van der Waals surface area contributed by atoms with Gasteiger partial charge in [0.05, 0.1) is 0 Å². The minimum atomic E-state index is -5.58. The van der Waals surface area contributed by atoms with Gasteiger partial charge in [0.2, 0.25) is 0 Å². The average molecular weight is 723 g/mol. The van der Waals surface area contributed by atoms with Crippen LogP contribution in [0.4, 0.5) is 22.0 Å². The molecule has 3 rings (SSSR count). The quantitative estimate of drug-likeness (QED) is 0.0974. The molecule has 0 spiro atoms. The first-order chi connectivity index (χ1) is 22.6. The summed E-state index contributed by atoms with van der Waals surface area (Å²) in [6.07, 6.45) is -0.152. The highest BCUT2D eigenvalue weighted by molar-refractivity contribution is 7.99. The Morgan fingerprint density at radius 3 is 1.98 bits per heavy atom. The molecule has 1 heterocycles. The smallest absolute Gasteiger partial charge is 0.453 e. The van der Waals surface area contributed by atoms with E-state index >= 15 is 0 Å². The van der Waals surface area contributed by atoms with E-state index in [2.05, 4.69) is 6.92 Å².